The van der Waals surface area contributed by atoms with Crippen LogP contribution in [0, 0.1) is 5.92 Å². The average molecular weight is 309 g/mol. The zero-order valence-electron chi connectivity index (χ0n) is 13.0. The van der Waals surface area contributed by atoms with Crippen LogP contribution in [-0.2, 0) is 20.8 Å². The predicted octanol–water partition coefficient (Wildman–Crippen LogP) is 1.67. The fraction of sp³-hybridized carbons (Fsp3) is 0.562. The van der Waals surface area contributed by atoms with Crippen LogP contribution < -0.4 is 5.32 Å². The Morgan fingerprint density at radius 1 is 1.32 bits per heavy atom. The second-order valence-corrected chi connectivity index (χ2v) is 5.79. The number of carbonyl (C=O) groups excluding carboxylic acids is 1. The van der Waals surface area contributed by atoms with Crippen LogP contribution in [0.25, 0.3) is 0 Å². The van der Waals surface area contributed by atoms with Gasteiger partial charge in [-0.3, -0.25) is 0 Å². The first-order chi connectivity index (χ1) is 10.5. The van der Waals surface area contributed by atoms with Gasteiger partial charge in [-0.05, 0) is 19.4 Å². The summed E-state index contributed by atoms with van der Waals surface area (Å²) in [6.45, 7) is 4.57. The molecule has 0 aromatic heterocycles. The molecule has 6 heteroatoms. The molecule has 1 aromatic rings. The molecule has 1 amide bonds. The van der Waals surface area contributed by atoms with Crippen molar-refractivity contribution in [1.82, 2.24) is 5.32 Å². The van der Waals surface area contributed by atoms with Crippen LogP contribution in [0.15, 0.2) is 30.3 Å². The molecule has 0 radical (unpaired) electrons. The van der Waals surface area contributed by atoms with Crippen molar-refractivity contribution < 1.29 is 24.1 Å². The van der Waals surface area contributed by atoms with E-state index in [0.29, 0.717) is 6.61 Å². The van der Waals surface area contributed by atoms with Gasteiger partial charge in [0.25, 0.3) is 0 Å². The first kappa shape index (κ1) is 16.7. The Bertz CT molecular complexity index is 477. The molecule has 2 rings (SSSR count). The number of aliphatic hydroxyl groups excluding tert-OH is 1. The number of amides is 1. The highest BCUT2D eigenvalue weighted by Crippen LogP contribution is 2.20. The lowest BCUT2D eigenvalue weighted by Crippen LogP contribution is -2.38. The van der Waals surface area contributed by atoms with Gasteiger partial charge in [0.15, 0.2) is 5.79 Å². The van der Waals surface area contributed by atoms with Gasteiger partial charge in [0.05, 0.1) is 19.3 Å². The van der Waals surface area contributed by atoms with Crippen molar-refractivity contribution in [3.63, 3.8) is 0 Å². The smallest absolute Gasteiger partial charge is 0.407 e. The topological polar surface area (TPSA) is 77.0 Å². The molecule has 122 valence electrons. The summed E-state index contributed by atoms with van der Waals surface area (Å²) in [5.74, 6) is -0.949. The number of hydrogen-bond acceptors (Lipinski definition) is 5. The number of nitrogens with one attached hydrogen (secondary N) is 1. The van der Waals surface area contributed by atoms with Gasteiger partial charge in [-0.1, -0.05) is 30.3 Å². The van der Waals surface area contributed by atoms with Gasteiger partial charge >= 0.3 is 6.09 Å². The Morgan fingerprint density at radius 2 is 2.00 bits per heavy atom. The molecule has 22 heavy (non-hydrogen) atoms. The summed E-state index contributed by atoms with van der Waals surface area (Å²) in [5, 5.41) is 12.7. The molecule has 1 aromatic carbocycles. The summed E-state index contributed by atoms with van der Waals surface area (Å²) in [4.78, 5) is 11.7. The molecule has 0 aliphatic carbocycles. The maximum Gasteiger partial charge on any atom is 0.407 e. The lowest BCUT2D eigenvalue weighted by molar-refractivity contribution is -0.204. The lowest BCUT2D eigenvalue weighted by Gasteiger charge is -2.22. The molecule has 1 heterocycles. The van der Waals surface area contributed by atoms with E-state index in [0.717, 1.165) is 5.56 Å². The third kappa shape index (κ3) is 5.29. The molecule has 6 nitrogen and oxygen atoms in total. The van der Waals surface area contributed by atoms with Crippen LogP contribution >= 0.6 is 0 Å². The fourth-order valence-corrected chi connectivity index (χ4v) is 2.07. The number of ether oxygens (including phenoxy) is 3. The molecular weight excluding hydrogens is 286 g/mol. The maximum atomic E-state index is 11.7. The number of carbonyl (C=O) groups is 1. The van der Waals surface area contributed by atoms with Crippen molar-refractivity contribution in [2.75, 3.05) is 19.8 Å². The van der Waals surface area contributed by atoms with Crippen LogP contribution in [-0.4, -0.2) is 42.8 Å². The van der Waals surface area contributed by atoms with E-state index >= 15 is 0 Å². The number of benzene rings is 1. The average Bonchev–Trinajstić information content (AvgIpc) is 2.64. The minimum Gasteiger partial charge on any atom is -0.445 e. The van der Waals surface area contributed by atoms with Crippen LogP contribution in [0.4, 0.5) is 4.79 Å². The Balaban J connectivity index is 1.73. The standard InChI is InChI=1S/C16H23NO5/c1-16(2)21-10-13(14(18)11-22-16)8-17-15(19)20-9-12-6-4-3-5-7-12/h3-7,13-14,18H,8-11H2,1-2H3,(H,17,19). The first-order valence-electron chi connectivity index (χ1n) is 7.37. The first-order valence-corrected chi connectivity index (χ1v) is 7.37. The van der Waals surface area contributed by atoms with Crippen molar-refractivity contribution in [2.45, 2.75) is 32.3 Å². The summed E-state index contributed by atoms with van der Waals surface area (Å²) < 4.78 is 16.1. The van der Waals surface area contributed by atoms with E-state index in [-0.39, 0.29) is 25.7 Å². The van der Waals surface area contributed by atoms with E-state index in [1.54, 1.807) is 13.8 Å². The second-order valence-electron chi connectivity index (χ2n) is 5.79. The van der Waals surface area contributed by atoms with E-state index < -0.39 is 18.0 Å². The van der Waals surface area contributed by atoms with E-state index in [1.165, 1.54) is 0 Å². The Labute approximate surface area is 130 Å². The predicted molar refractivity (Wildman–Crippen MR) is 80.1 cm³/mol. The monoisotopic (exact) mass is 309 g/mol. The number of aliphatic hydroxyl groups is 1. The van der Waals surface area contributed by atoms with Crippen molar-refractivity contribution in [1.29, 1.82) is 0 Å². The molecule has 2 unspecified atom stereocenters. The molecule has 1 fully saturated rings. The quantitative estimate of drug-likeness (QED) is 0.885. The van der Waals surface area contributed by atoms with Gasteiger partial charge in [-0.2, -0.15) is 0 Å². The Hall–Kier alpha value is -1.63. The summed E-state index contributed by atoms with van der Waals surface area (Å²) in [6.07, 6.45) is -1.20. The molecule has 1 saturated heterocycles. The van der Waals surface area contributed by atoms with Crippen molar-refractivity contribution in [3.8, 4) is 0 Å². The van der Waals surface area contributed by atoms with Gasteiger partial charge in [-0.15, -0.1) is 0 Å². The fourth-order valence-electron chi connectivity index (χ4n) is 2.07. The molecule has 1 aliphatic rings. The largest absolute Gasteiger partial charge is 0.445 e. The van der Waals surface area contributed by atoms with Crippen molar-refractivity contribution in [3.05, 3.63) is 35.9 Å². The van der Waals surface area contributed by atoms with Crippen molar-refractivity contribution >= 4 is 6.09 Å². The van der Waals surface area contributed by atoms with E-state index in [2.05, 4.69) is 5.32 Å². The third-order valence-corrected chi connectivity index (χ3v) is 3.51. The highest BCUT2D eigenvalue weighted by atomic mass is 16.7. The molecule has 2 atom stereocenters. The van der Waals surface area contributed by atoms with Gasteiger partial charge in [0.2, 0.25) is 0 Å². The highest BCUT2D eigenvalue weighted by Gasteiger charge is 2.31. The van der Waals surface area contributed by atoms with Crippen LogP contribution in [0.5, 0.6) is 0 Å². The minimum atomic E-state index is -0.719. The van der Waals surface area contributed by atoms with Crippen LogP contribution in [0.1, 0.15) is 19.4 Å². The molecule has 0 bridgehead atoms. The zero-order chi connectivity index (χ0) is 16.0. The highest BCUT2D eigenvalue weighted by molar-refractivity contribution is 5.67. The van der Waals surface area contributed by atoms with Gasteiger partial charge in [0, 0.05) is 12.5 Å². The van der Waals surface area contributed by atoms with Gasteiger partial charge in [-0.25, -0.2) is 4.79 Å². The summed E-state index contributed by atoms with van der Waals surface area (Å²) in [7, 11) is 0. The van der Waals surface area contributed by atoms with Crippen molar-refractivity contribution in [2.24, 2.45) is 5.92 Å². The van der Waals surface area contributed by atoms with Crippen LogP contribution in [0.3, 0.4) is 0 Å². The SMILES string of the molecule is CC1(C)OCC(O)C(CNC(=O)OCc2ccccc2)CO1. The van der Waals surface area contributed by atoms with E-state index in [9.17, 15) is 9.90 Å². The molecular formula is C16H23NO5. The Kier molecular flexibility index (Phi) is 5.76. The molecule has 2 N–H and O–H groups in total. The minimum absolute atomic E-state index is 0.179. The van der Waals surface area contributed by atoms with Gasteiger partial charge < -0.3 is 24.6 Å². The normalized spacial score (nSPS) is 24.3. The summed E-state index contributed by atoms with van der Waals surface area (Å²) in [5.41, 5.74) is 0.922. The second kappa shape index (κ2) is 7.58. The number of rotatable bonds is 4. The Morgan fingerprint density at radius 3 is 2.73 bits per heavy atom. The number of hydrogen-bond donors (Lipinski definition) is 2. The van der Waals surface area contributed by atoms with E-state index in [4.69, 9.17) is 14.2 Å². The number of alkyl carbamates (subject to hydrolysis) is 1. The molecule has 0 spiro atoms. The van der Waals surface area contributed by atoms with Gasteiger partial charge in [0.1, 0.15) is 6.61 Å². The van der Waals surface area contributed by atoms with Crippen LogP contribution in [0.2, 0.25) is 0 Å². The third-order valence-electron chi connectivity index (χ3n) is 3.51. The summed E-state index contributed by atoms with van der Waals surface area (Å²) >= 11 is 0. The maximum absolute atomic E-state index is 11.7. The summed E-state index contributed by atoms with van der Waals surface area (Å²) in [6, 6.07) is 9.45. The zero-order valence-corrected chi connectivity index (χ0v) is 13.0. The van der Waals surface area contributed by atoms with E-state index in [1.807, 2.05) is 30.3 Å². The lowest BCUT2D eigenvalue weighted by atomic mass is 10.0. The molecule has 1 aliphatic heterocycles. The molecule has 0 saturated carbocycles.